The van der Waals surface area contributed by atoms with Gasteiger partial charge in [0.25, 0.3) is 5.91 Å². The first-order valence-corrected chi connectivity index (χ1v) is 10.3. The van der Waals surface area contributed by atoms with Gasteiger partial charge in [-0.15, -0.1) is 0 Å². The number of rotatable bonds is 4. The fourth-order valence-electron chi connectivity index (χ4n) is 3.83. The topological polar surface area (TPSA) is 55.6 Å². The Balaban J connectivity index is 1.57. The number of nitrogens with one attached hydrogen (secondary N) is 1. The van der Waals surface area contributed by atoms with Gasteiger partial charge >= 0.3 is 0 Å². The van der Waals surface area contributed by atoms with Gasteiger partial charge in [-0.05, 0) is 49.9 Å². The van der Waals surface area contributed by atoms with E-state index in [0.717, 1.165) is 39.0 Å². The molecule has 1 amide bonds. The van der Waals surface area contributed by atoms with Crippen molar-refractivity contribution in [1.29, 1.82) is 0 Å². The highest BCUT2D eigenvalue weighted by Gasteiger charge is 2.25. The van der Waals surface area contributed by atoms with Crippen LogP contribution in [-0.2, 0) is 0 Å². The molecule has 0 aliphatic heterocycles. The SMILES string of the molecule is COc1ccc(-c2cn3c(C)c(C(=O)N[C@H]4CCCC[C@H]4C)sc3n2)cc1. The Morgan fingerprint density at radius 2 is 2.00 bits per heavy atom. The van der Waals surface area contributed by atoms with Crippen molar-refractivity contribution < 1.29 is 9.53 Å². The van der Waals surface area contributed by atoms with Crippen molar-refractivity contribution in [3.05, 3.63) is 41.0 Å². The van der Waals surface area contributed by atoms with Crippen molar-refractivity contribution in [3.8, 4) is 17.0 Å². The highest BCUT2D eigenvalue weighted by atomic mass is 32.1. The zero-order valence-corrected chi connectivity index (χ0v) is 16.8. The first-order valence-electron chi connectivity index (χ1n) is 9.50. The average molecular weight is 384 g/mol. The molecule has 0 radical (unpaired) electrons. The van der Waals surface area contributed by atoms with E-state index in [2.05, 4.69) is 12.2 Å². The number of nitrogens with zero attached hydrogens (tertiary/aromatic N) is 2. The lowest BCUT2D eigenvalue weighted by atomic mass is 9.86. The number of benzene rings is 1. The van der Waals surface area contributed by atoms with Crippen molar-refractivity contribution in [2.75, 3.05) is 7.11 Å². The van der Waals surface area contributed by atoms with Crippen molar-refractivity contribution in [2.24, 2.45) is 5.92 Å². The summed E-state index contributed by atoms with van der Waals surface area (Å²) in [7, 11) is 1.66. The molecule has 4 rings (SSSR count). The molecule has 1 aliphatic carbocycles. The van der Waals surface area contributed by atoms with E-state index in [1.165, 1.54) is 30.6 Å². The number of methoxy groups -OCH3 is 1. The minimum Gasteiger partial charge on any atom is -0.497 e. The van der Waals surface area contributed by atoms with Crippen LogP contribution in [0.25, 0.3) is 16.2 Å². The summed E-state index contributed by atoms with van der Waals surface area (Å²) in [6, 6.07) is 8.15. The quantitative estimate of drug-likeness (QED) is 0.711. The number of carbonyl (C=O) groups excluding carboxylic acids is 1. The molecular weight excluding hydrogens is 358 g/mol. The van der Waals surface area contributed by atoms with Gasteiger partial charge < -0.3 is 10.1 Å². The monoisotopic (exact) mass is 383 g/mol. The van der Waals surface area contributed by atoms with Gasteiger partial charge in [0.05, 0.1) is 12.8 Å². The standard InChI is InChI=1S/C21H25N3O2S/c1-13-6-4-5-7-17(13)22-20(25)19-14(2)24-12-18(23-21(24)27-19)15-8-10-16(26-3)11-9-15/h8-13,17H,4-7H2,1-3H3,(H,22,25)/t13-,17+/m1/s1. The van der Waals surface area contributed by atoms with Gasteiger partial charge in [-0.3, -0.25) is 9.20 Å². The summed E-state index contributed by atoms with van der Waals surface area (Å²) in [5.41, 5.74) is 2.89. The third-order valence-electron chi connectivity index (χ3n) is 5.58. The summed E-state index contributed by atoms with van der Waals surface area (Å²) in [4.78, 5) is 19.1. The minimum absolute atomic E-state index is 0.0350. The van der Waals surface area contributed by atoms with E-state index in [4.69, 9.17) is 9.72 Å². The smallest absolute Gasteiger partial charge is 0.263 e. The zero-order valence-electron chi connectivity index (χ0n) is 16.0. The van der Waals surface area contributed by atoms with Crippen LogP contribution >= 0.6 is 11.3 Å². The molecule has 0 bridgehead atoms. The van der Waals surface area contributed by atoms with E-state index in [-0.39, 0.29) is 11.9 Å². The molecular formula is C21H25N3O2S. The molecule has 1 aliphatic rings. The van der Waals surface area contributed by atoms with Crippen molar-refractivity contribution in [2.45, 2.75) is 45.6 Å². The van der Waals surface area contributed by atoms with Gasteiger partial charge in [0.15, 0.2) is 4.96 Å². The zero-order chi connectivity index (χ0) is 19.0. The number of amides is 1. The van der Waals surface area contributed by atoms with Gasteiger partial charge in [0.2, 0.25) is 0 Å². The molecule has 27 heavy (non-hydrogen) atoms. The molecule has 6 heteroatoms. The van der Waals surface area contributed by atoms with E-state index in [1.54, 1.807) is 7.11 Å². The molecule has 3 aromatic rings. The third kappa shape index (κ3) is 3.46. The predicted octanol–water partition coefficient (Wildman–Crippen LogP) is 4.69. The molecule has 2 atom stereocenters. The van der Waals surface area contributed by atoms with Crippen molar-refractivity contribution in [3.63, 3.8) is 0 Å². The van der Waals surface area contributed by atoms with Crippen LogP contribution in [-0.4, -0.2) is 28.4 Å². The van der Waals surface area contributed by atoms with E-state index in [0.29, 0.717) is 5.92 Å². The van der Waals surface area contributed by atoms with Crippen LogP contribution in [0.1, 0.15) is 48.0 Å². The number of fused-ring (bicyclic) bond motifs is 1. The number of thiazole rings is 1. The van der Waals surface area contributed by atoms with E-state index in [1.807, 2.05) is 41.8 Å². The Bertz CT molecular complexity index is 958. The molecule has 1 saturated carbocycles. The van der Waals surface area contributed by atoms with E-state index < -0.39 is 0 Å². The fraction of sp³-hybridized carbons (Fsp3) is 0.429. The Labute approximate surface area is 163 Å². The third-order valence-corrected chi connectivity index (χ3v) is 6.73. The number of hydrogen-bond donors (Lipinski definition) is 1. The first kappa shape index (κ1) is 18.0. The Kier molecular flexibility index (Phi) is 4.91. The summed E-state index contributed by atoms with van der Waals surface area (Å²) < 4.78 is 7.23. The number of aryl methyl sites for hydroxylation is 1. The van der Waals surface area contributed by atoms with Crippen LogP contribution in [0.5, 0.6) is 5.75 Å². The molecule has 2 aromatic heterocycles. The van der Waals surface area contributed by atoms with Gasteiger partial charge in [-0.1, -0.05) is 31.1 Å². The van der Waals surface area contributed by atoms with Crippen LogP contribution in [0.3, 0.4) is 0 Å². The predicted molar refractivity (Wildman–Crippen MR) is 109 cm³/mol. The minimum atomic E-state index is 0.0350. The lowest BCUT2D eigenvalue weighted by Gasteiger charge is -2.29. The van der Waals surface area contributed by atoms with E-state index >= 15 is 0 Å². The summed E-state index contributed by atoms with van der Waals surface area (Å²) >= 11 is 1.46. The molecule has 1 N–H and O–H groups in total. The van der Waals surface area contributed by atoms with Crippen LogP contribution in [0.15, 0.2) is 30.5 Å². The Hall–Kier alpha value is -2.34. The van der Waals surface area contributed by atoms with Crippen LogP contribution in [0, 0.1) is 12.8 Å². The maximum atomic E-state index is 12.8. The van der Waals surface area contributed by atoms with E-state index in [9.17, 15) is 4.79 Å². The van der Waals surface area contributed by atoms with Crippen LogP contribution in [0.2, 0.25) is 0 Å². The number of ether oxygens (including phenoxy) is 1. The molecule has 0 spiro atoms. The molecule has 5 nitrogen and oxygen atoms in total. The summed E-state index contributed by atoms with van der Waals surface area (Å²) in [5.74, 6) is 1.41. The van der Waals surface area contributed by atoms with Gasteiger partial charge in [0, 0.05) is 23.5 Å². The maximum Gasteiger partial charge on any atom is 0.263 e. The lowest BCUT2D eigenvalue weighted by Crippen LogP contribution is -2.41. The first-order chi connectivity index (χ1) is 13.1. The number of aromatic nitrogens is 2. The fourth-order valence-corrected chi connectivity index (χ4v) is 4.84. The maximum absolute atomic E-state index is 12.8. The molecule has 2 heterocycles. The second-order valence-electron chi connectivity index (χ2n) is 7.37. The Morgan fingerprint density at radius 3 is 2.67 bits per heavy atom. The molecule has 142 valence electrons. The van der Waals surface area contributed by atoms with Crippen LogP contribution in [0.4, 0.5) is 0 Å². The van der Waals surface area contributed by atoms with Gasteiger partial charge in [-0.25, -0.2) is 4.98 Å². The molecule has 0 unspecified atom stereocenters. The number of imidazole rings is 1. The molecule has 0 saturated heterocycles. The normalized spacial score (nSPS) is 20.0. The average Bonchev–Trinajstić information content (AvgIpc) is 3.23. The summed E-state index contributed by atoms with van der Waals surface area (Å²) in [6.45, 7) is 4.22. The highest BCUT2D eigenvalue weighted by molar-refractivity contribution is 7.19. The number of hydrogen-bond acceptors (Lipinski definition) is 4. The summed E-state index contributed by atoms with van der Waals surface area (Å²) in [5, 5.41) is 3.25. The second kappa shape index (κ2) is 7.35. The second-order valence-corrected chi connectivity index (χ2v) is 8.34. The largest absolute Gasteiger partial charge is 0.497 e. The summed E-state index contributed by atoms with van der Waals surface area (Å²) in [6.07, 6.45) is 6.75. The highest BCUT2D eigenvalue weighted by Crippen LogP contribution is 2.29. The lowest BCUT2D eigenvalue weighted by molar-refractivity contribution is 0.0913. The molecule has 1 aromatic carbocycles. The van der Waals surface area contributed by atoms with Crippen LogP contribution < -0.4 is 10.1 Å². The van der Waals surface area contributed by atoms with Crippen molar-refractivity contribution in [1.82, 2.24) is 14.7 Å². The Morgan fingerprint density at radius 1 is 1.26 bits per heavy atom. The van der Waals surface area contributed by atoms with Gasteiger partial charge in [0.1, 0.15) is 10.6 Å². The number of carbonyl (C=O) groups is 1. The van der Waals surface area contributed by atoms with Gasteiger partial charge in [-0.2, -0.15) is 0 Å². The molecule has 1 fully saturated rings. The van der Waals surface area contributed by atoms with Crippen molar-refractivity contribution >= 4 is 22.2 Å².